The van der Waals surface area contributed by atoms with Gasteiger partial charge in [0.25, 0.3) is 0 Å². The summed E-state index contributed by atoms with van der Waals surface area (Å²) < 4.78 is 4.68. The van der Waals surface area contributed by atoms with Gasteiger partial charge in [-0.15, -0.1) is 0 Å². The molecule has 1 saturated heterocycles. The highest BCUT2D eigenvalue weighted by atomic mass is 16.5. The molecule has 1 aromatic rings. The van der Waals surface area contributed by atoms with Crippen LogP contribution in [0.4, 0.5) is 11.5 Å². The Bertz CT molecular complexity index is 504. The van der Waals surface area contributed by atoms with Gasteiger partial charge in [-0.05, 0) is 12.5 Å². The summed E-state index contributed by atoms with van der Waals surface area (Å²) in [6.45, 7) is 0.507. The molecule has 19 heavy (non-hydrogen) atoms. The molecule has 2 heterocycles. The van der Waals surface area contributed by atoms with Crippen LogP contribution in [0, 0.1) is 0 Å². The van der Waals surface area contributed by atoms with Crippen LogP contribution < -0.4 is 16.4 Å². The van der Waals surface area contributed by atoms with E-state index in [1.54, 1.807) is 0 Å². The van der Waals surface area contributed by atoms with Crippen LogP contribution in [0.5, 0.6) is 0 Å². The zero-order chi connectivity index (χ0) is 13.8. The van der Waals surface area contributed by atoms with Crippen molar-refractivity contribution >= 4 is 23.4 Å². The van der Waals surface area contributed by atoms with Gasteiger partial charge in [-0.1, -0.05) is 0 Å². The van der Waals surface area contributed by atoms with Gasteiger partial charge in [-0.25, -0.2) is 9.78 Å². The minimum absolute atomic E-state index is 0.0465. The van der Waals surface area contributed by atoms with Crippen LogP contribution in [0.1, 0.15) is 23.2 Å². The number of anilines is 2. The molecule has 0 radical (unpaired) electrons. The zero-order valence-electron chi connectivity index (χ0n) is 10.6. The smallest absolute Gasteiger partial charge is 0.341 e. The molecule has 1 aliphatic heterocycles. The third-order valence-electron chi connectivity index (χ3n) is 2.92. The molecule has 0 spiro atoms. The summed E-state index contributed by atoms with van der Waals surface area (Å²) in [5, 5.41) is 5.86. The van der Waals surface area contributed by atoms with Crippen molar-refractivity contribution in [3.8, 4) is 0 Å². The highest BCUT2D eigenvalue weighted by molar-refractivity contribution is 5.95. The van der Waals surface area contributed by atoms with Gasteiger partial charge in [0.2, 0.25) is 5.91 Å². The number of esters is 1. The maximum atomic E-state index is 11.6. The fourth-order valence-corrected chi connectivity index (χ4v) is 1.94. The Morgan fingerprint density at radius 1 is 1.68 bits per heavy atom. The molecule has 102 valence electrons. The number of rotatable bonds is 4. The Labute approximate surface area is 110 Å². The third-order valence-corrected chi connectivity index (χ3v) is 2.92. The quantitative estimate of drug-likeness (QED) is 0.668. The first-order valence-corrected chi connectivity index (χ1v) is 5.97. The predicted molar refractivity (Wildman–Crippen MR) is 69.6 cm³/mol. The highest BCUT2D eigenvalue weighted by Crippen LogP contribution is 2.17. The topological polar surface area (TPSA) is 106 Å². The van der Waals surface area contributed by atoms with Crippen molar-refractivity contribution in [2.45, 2.75) is 18.9 Å². The molecule has 0 aromatic carbocycles. The van der Waals surface area contributed by atoms with Crippen LogP contribution >= 0.6 is 0 Å². The van der Waals surface area contributed by atoms with E-state index in [9.17, 15) is 9.59 Å². The molecule has 1 amide bonds. The summed E-state index contributed by atoms with van der Waals surface area (Å²) in [5.41, 5.74) is 6.27. The Kier molecular flexibility index (Phi) is 3.84. The van der Waals surface area contributed by atoms with Gasteiger partial charge in [0.05, 0.1) is 19.0 Å². The fraction of sp³-hybridized carbons (Fsp3) is 0.417. The summed E-state index contributed by atoms with van der Waals surface area (Å²) in [5.74, 6) is -0.0507. The number of carbonyl (C=O) groups excluding carboxylic acids is 2. The molecule has 4 N–H and O–H groups in total. The van der Waals surface area contributed by atoms with Gasteiger partial charge in [-0.3, -0.25) is 4.79 Å². The second-order valence-electron chi connectivity index (χ2n) is 4.34. The van der Waals surface area contributed by atoms with Crippen molar-refractivity contribution in [2.75, 3.05) is 24.7 Å². The molecule has 1 unspecified atom stereocenters. The average molecular weight is 264 g/mol. The first-order valence-electron chi connectivity index (χ1n) is 5.97. The van der Waals surface area contributed by atoms with E-state index < -0.39 is 5.97 Å². The predicted octanol–water partition coefficient (Wildman–Crippen LogP) is 0.141. The van der Waals surface area contributed by atoms with E-state index in [2.05, 4.69) is 20.4 Å². The van der Waals surface area contributed by atoms with E-state index in [-0.39, 0.29) is 17.5 Å². The van der Waals surface area contributed by atoms with Crippen molar-refractivity contribution in [2.24, 2.45) is 0 Å². The summed E-state index contributed by atoms with van der Waals surface area (Å²) in [7, 11) is 1.30. The standard InChI is InChI=1S/C12H16N4O3/c1-19-12(18)9-4-7(13)5-14-11(9)15-6-8-2-3-10(17)16-8/h4-5,8H,2-3,6,13H2,1H3,(H,14,15)(H,16,17). The monoisotopic (exact) mass is 264 g/mol. The van der Waals surface area contributed by atoms with E-state index in [0.29, 0.717) is 24.5 Å². The molecular formula is C12H16N4O3. The Balaban J connectivity index is 2.07. The maximum absolute atomic E-state index is 11.6. The van der Waals surface area contributed by atoms with Crippen LogP contribution in [-0.4, -0.2) is 36.6 Å². The number of nitrogens with two attached hydrogens (primary N) is 1. The number of hydrogen-bond donors (Lipinski definition) is 3. The zero-order valence-corrected chi connectivity index (χ0v) is 10.6. The number of nitrogen functional groups attached to an aromatic ring is 1. The highest BCUT2D eigenvalue weighted by Gasteiger charge is 2.21. The average Bonchev–Trinajstić information content (AvgIpc) is 2.82. The number of amides is 1. The van der Waals surface area contributed by atoms with Gasteiger partial charge >= 0.3 is 5.97 Å². The van der Waals surface area contributed by atoms with E-state index in [0.717, 1.165) is 6.42 Å². The van der Waals surface area contributed by atoms with Crippen molar-refractivity contribution < 1.29 is 14.3 Å². The molecule has 0 bridgehead atoms. The normalized spacial score (nSPS) is 17.9. The van der Waals surface area contributed by atoms with Gasteiger partial charge in [-0.2, -0.15) is 0 Å². The molecule has 1 aromatic heterocycles. The minimum atomic E-state index is -0.502. The number of nitrogens with one attached hydrogen (secondary N) is 2. The van der Waals surface area contributed by atoms with E-state index >= 15 is 0 Å². The molecule has 1 fully saturated rings. The minimum Gasteiger partial charge on any atom is -0.465 e. The summed E-state index contributed by atoms with van der Waals surface area (Å²) >= 11 is 0. The molecule has 7 heteroatoms. The fourth-order valence-electron chi connectivity index (χ4n) is 1.94. The van der Waals surface area contributed by atoms with Gasteiger partial charge in [0.15, 0.2) is 0 Å². The SMILES string of the molecule is COC(=O)c1cc(N)cnc1NCC1CCC(=O)N1. The second kappa shape index (κ2) is 5.55. The Morgan fingerprint density at radius 3 is 3.11 bits per heavy atom. The number of ether oxygens (including phenoxy) is 1. The summed E-state index contributed by atoms with van der Waals surface area (Å²) in [4.78, 5) is 26.8. The lowest BCUT2D eigenvalue weighted by Gasteiger charge is -2.14. The lowest BCUT2D eigenvalue weighted by Crippen LogP contribution is -2.32. The van der Waals surface area contributed by atoms with Crippen LogP contribution in [0.2, 0.25) is 0 Å². The molecule has 1 atom stereocenters. The third kappa shape index (κ3) is 3.12. The molecule has 7 nitrogen and oxygen atoms in total. The number of hydrogen-bond acceptors (Lipinski definition) is 6. The van der Waals surface area contributed by atoms with Gasteiger partial charge < -0.3 is 21.1 Å². The van der Waals surface area contributed by atoms with Crippen molar-refractivity contribution in [1.82, 2.24) is 10.3 Å². The van der Waals surface area contributed by atoms with Crippen molar-refractivity contribution in [1.29, 1.82) is 0 Å². The molecular weight excluding hydrogens is 248 g/mol. The van der Waals surface area contributed by atoms with Gasteiger partial charge in [0.1, 0.15) is 11.4 Å². The molecule has 1 aliphatic rings. The van der Waals surface area contributed by atoms with E-state index in [1.165, 1.54) is 19.4 Å². The number of pyridine rings is 1. The van der Waals surface area contributed by atoms with Gasteiger partial charge in [0, 0.05) is 19.0 Å². The van der Waals surface area contributed by atoms with Crippen LogP contribution in [0.15, 0.2) is 12.3 Å². The summed E-state index contributed by atoms with van der Waals surface area (Å²) in [6.07, 6.45) is 2.77. The molecule has 0 aliphatic carbocycles. The first kappa shape index (κ1) is 13.1. The van der Waals surface area contributed by atoms with Crippen LogP contribution in [-0.2, 0) is 9.53 Å². The summed E-state index contributed by atoms with van der Waals surface area (Å²) in [6, 6.07) is 1.56. The van der Waals surface area contributed by atoms with E-state index in [1.807, 2.05) is 0 Å². The maximum Gasteiger partial charge on any atom is 0.341 e. The van der Waals surface area contributed by atoms with Crippen molar-refractivity contribution in [3.63, 3.8) is 0 Å². The second-order valence-corrected chi connectivity index (χ2v) is 4.34. The lowest BCUT2D eigenvalue weighted by atomic mass is 10.2. The number of aromatic nitrogens is 1. The van der Waals surface area contributed by atoms with Crippen LogP contribution in [0.25, 0.3) is 0 Å². The molecule has 0 saturated carbocycles. The Morgan fingerprint density at radius 2 is 2.47 bits per heavy atom. The number of carbonyl (C=O) groups is 2. The largest absolute Gasteiger partial charge is 0.465 e. The van der Waals surface area contributed by atoms with E-state index in [4.69, 9.17) is 5.73 Å². The van der Waals surface area contributed by atoms with Crippen LogP contribution in [0.3, 0.4) is 0 Å². The Hall–Kier alpha value is -2.31. The van der Waals surface area contributed by atoms with Crippen molar-refractivity contribution in [3.05, 3.63) is 17.8 Å². The number of methoxy groups -OCH3 is 1. The first-order chi connectivity index (χ1) is 9.10. The molecule has 2 rings (SSSR count). The lowest BCUT2D eigenvalue weighted by molar-refractivity contribution is -0.119. The number of nitrogens with zero attached hydrogens (tertiary/aromatic N) is 1.